The maximum absolute atomic E-state index is 14.2. The molecule has 2 N–H and O–H groups in total. The number of ether oxygens (including phenoxy) is 6. The Morgan fingerprint density at radius 3 is 2.44 bits per heavy atom. The molecule has 0 spiro atoms. The molecule has 0 aromatic heterocycles. The number of nitrogens with zero attached hydrogens (tertiary/aromatic N) is 2. The van der Waals surface area contributed by atoms with Gasteiger partial charge in [0.15, 0.2) is 5.72 Å². The van der Waals surface area contributed by atoms with E-state index < -0.39 is 77.2 Å². The number of hydrogen-bond acceptors (Lipinski definition) is 11. The number of carbonyl (C=O) groups excluding carboxylic acids is 4. The summed E-state index contributed by atoms with van der Waals surface area (Å²) >= 11 is 6.78. The molecule has 7 atom stereocenters. The van der Waals surface area contributed by atoms with Gasteiger partial charge in [-0.1, -0.05) is 42.3 Å². The third kappa shape index (κ3) is 9.15. The van der Waals surface area contributed by atoms with Gasteiger partial charge in [-0.05, 0) is 71.6 Å². The summed E-state index contributed by atoms with van der Waals surface area (Å²) in [5.41, 5.74) is -1.45. The van der Waals surface area contributed by atoms with Crippen LogP contribution >= 0.6 is 11.6 Å². The van der Waals surface area contributed by atoms with Gasteiger partial charge in [-0.2, -0.15) is 0 Å². The second-order valence-corrected chi connectivity index (χ2v) is 16.3. The van der Waals surface area contributed by atoms with E-state index in [1.165, 1.54) is 19.1 Å². The molecule has 1 aromatic rings. The molecular weight excluding hydrogens is 722 g/mol. The van der Waals surface area contributed by atoms with E-state index in [2.05, 4.69) is 5.32 Å². The fourth-order valence-electron chi connectivity index (χ4n) is 7.47. The molecule has 15 heteroatoms. The zero-order valence-corrected chi connectivity index (χ0v) is 33.4. The van der Waals surface area contributed by atoms with E-state index in [-0.39, 0.29) is 17.9 Å². The Morgan fingerprint density at radius 1 is 1.13 bits per heavy atom. The average molecular weight is 776 g/mol. The number of hydrogen-bond donors (Lipinski definition) is 2. The maximum Gasteiger partial charge on any atom is 0.410 e. The monoisotopic (exact) mass is 775 g/mol. The second-order valence-electron chi connectivity index (χ2n) is 16.0. The lowest BCUT2D eigenvalue weighted by Gasteiger charge is -2.42. The van der Waals surface area contributed by atoms with Gasteiger partial charge in [-0.25, -0.2) is 9.59 Å². The van der Waals surface area contributed by atoms with Crippen molar-refractivity contribution >= 4 is 41.4 Å². The van der Waals surface area contributed by atoms with Crippen molar-refractivity contribution in [3.63, 3.8) is 0 Å². The number of esters is 1. The van der Waals surface area contributed by atoms with Gasteiger partial charge >= 0.3 is 18.2 Å². The SMILES string of the molecule is COc1cc2cc(c1Cl)N(C)C(=O)C[C@H](OC(=O)C1CCN(C(=O)OC(C)(C)C)CC1)[C@@]1(C)O[C@H]1[C@H](C)[C@@H]1C[C@@](O)(NC(=O)O1)C(OC)/C=C/C=C(\C)C2. The second kappa shape index (κ2) is 16.1. The smallest absolute Gasteiger partial charge is 0.410 e. The highest BCUT2D eigenvalue weighted by molar-refractivity contribution is 6.35. The Balaban J connectivity index is 1.47. The van der Waals surface area contributed by atoms with E-state index in [0.29, 0.717) is 43.8 Å². The number of piperidine rings is 1. The highest BCUT2D eigenvalue weighted by Gasteiger charge is 2.64. The van der Waals surface area contributed by atoms with E-state index in [4.69, 9.17) is 40.0 Å². The molecule has 4 heterocycles. The van der Waals surface area contributed by atoms with E-state index in [9.17, 15) is 24.3 Å². The zero-order chi connectivity index (χ0) is 39.7. The summed E-state index contributed by atoms with van der Waals surface area (Å²) < 4.78 is 34.9. The number of aliphatic hydroxyl groups is 1. The summed E-state index contributed by atoms with van der Waals surface area (Å²) in [5, 5.41) is 14.5. The number of likely N-dealkylation sites (tertiary alicyclic amines) is 1. The van der Waals surface area contributed by atoms with Gasteiger partial charge in [0.2, 0.25) is 5.91 Å². The maximum atomic E-state index is 14.2. The summed E-state index contributed by atoms with van der Waals surface area (Å²) in [6.45, 7) is 11.5. The van der Waals surface area contributed by atoms with Crippen molar-refractivity contribution in [2.24, 2.45) is 11.8 Å². The van der Waals surface area contributed by atoms with Crippen LogP contribution in [0.2, 0.25) is 5.02 Å². The molecule has 1 unspecified atom stereocenters. The number of benzene rings is 1. The van der Waals surface area contributed by atoms with Crippen LogP contribution in [-0.2, 0) is 39.7 Å². The summed E-state index contributed by atoms with van der Waals surface area (Å²) in [6, 6.07) is 3.62. The minimum Gasteiger partial charge on any atom is -0.495 e. The fraction of sp³-hybridized carbons (Fsp3) is 0.641. The summed E-state index contributed by atoms with van der Waals surface area (Å²) in [4.78, 5) is 56.5. The number of rotatable bonds is 4. The Kier molecular flexibility index (Phi) is 12.3. The van der Waals surface area contributed by atoms with Crippen molar-refractivity contribution in [3.05, 3.63) is 46.5 Å². The van der Waals surface area contributed by atoms with Crippen molar-refractivity contribution in [1.29, 1.82) is 0 Å². The number of allylic oxidation sites excluding steroid dienone is 3. The lowest BCUT2D eigenvalue weighted by atomic mass is 9.83. The van der Waals surface area contributed by atoms with Crippen LogP contribution in [-0.4, -0.2) is 110 Å². The lowest BCUT2D eigenvalue weighted by Crippen LogP contribution is -2.63. The summed E-state index contributed by atoms with van der Waals surface area (Å²) in [6.07, 6.45) is 1.47. The normalized spacial score (nSPS) is 32.6. The van der Waals surface area contributed by atoms with E-state index in [0.717, 1.165) is 11.1 Å². The molecular formula is C39H54ClN3O11. The van der Waals surface area contributed by atoms with Crippen LogP contribution in [0.4, 0.5) is 15.3 Å². The number of epoxide rings is 1. The van der Waals surface area contributed by atoms with Gasteiger partial charge in [0.25, 0.3) is 0 Å². The van der Waals surface area contributed by atoms with Crippen LogP contribution in [0.25, 0.3) is 0 Å². The first-order valence-electron chi connectivity index (χ1n) is 18.4. The van der Waals surface area contributed by atoms with Crippen LogP contribution in [0.5, 0.6) is 5.75 Å². The molecule has 5 rings (SSSR count). The third-order valence-electron chi connectivity index (χ3n) is 10.7. The van der Waals surface area contributed by atoms with Gasteiger partial charge in [-0.3, -0.25) is 14.9 Å². The number of carbonyl (C=O) groups is 4. The van der Waals surface area contributed by atoms with Gasteiger partial charge < -0.3 is 43.3 Å². The van der Waals surface area contributed by atoms with Gasteiger partial charge in [-0.15, -0.1) is 0 Å². The number of methoxy groups -OCH3 is 2. The minimum atomic E-state index is -1.81. The Hall–Kier alpha value is -3.85. The minimum absolute atomic E-state index is 0.0339. The van der Waals surface area contributed by atoms with Gasteiger partial charge in [0.05, 0.1) is 31.2 Å². The lowest BCUT2D eigenvalue weighted by molar-refractivity contribution is -0.160. The number of amides is 3. The Morgan fingerprint density at radius 2 is 1.81 bits per heavy atom. The first kappa shape index (κ1) is 41.3. The molecule has 4 aliphatic heterocycles. The highest BCUT2D eigenvalue weighted by atomic mass is 35.5. The first-order chi connectivity index (χ1) is 25.3. The Bertz CT molecular complexity index is 1670. The van der Waals surface area contributed by atoms with E-state index in [1.807, 2.05) is 26.0 Å². The number of fused-ring (bicyclic) bond motifs is 5. The molecule has 14 nitrogen and oxygen atoms in total. The molecule has 4 aliphatic rings. The van der Waals surface area contributed by atoms with Crippen LogP contribution in [0.3, 0.4) is 0 Å². The van der Waals surface area contributed by atoms with Crippen molar-refractivity contribution < 1.29 is 52.7 Å². The van der Waals surface area contributed by atoms with Gasteiger partial charge in [0.1, 0.15) is 40.3 Å². The molecule has 3 amide bonds. The molecule has 1 aromatic carbocycles. The van der Waals surface area contributed by atoms with Crippen LogP contribution in [0.15, 0.2) is 35.9 Å². The predicted molar refractivity (Wildman–Crippen MR) is 199 cm³/mol. The topological polar surface area (TPSA) is 166 Å². The molecule has 0 saturated carbocycles. The van der Waals surface area contributed by atoms with Crippen molar-refractivity contribution in [2.45, 2.75) is 115 Å². The Labute approximate surface area is 322 Å². The van der Waals surface area contributed by atoms with Crippen molar-refractivity contribution in [1.82, 2.24) is 10.2 Å². The predicted octanol–water partition coefficient (Wildman–Crippen LogP) is 5.31. The standard InChI is InChI=1S/C39H54ClN3O11/c1-22-11-10-12-29(50-9)39(48)21-28(51-35(46)41-39)23(2)33-38(6,53-33)30(20-31(44)42(7)26-18-24(17-22)19-27(49-8)32(26)40)52-34(45)25-13-15-43(16-14-25)36(47)54-37(3,4)5/h10-12,18-19,23,25,28-30,33,48H,13-17,20-21H2,1-9H3,(H,41,46)/b12-10+,22-11+/t23-,28+,29?,30+,33+,38-,39+/m1/s1. The number of nitrogens with one attached hydrogen (secondary N) is 1. The molecule has 4 bridgehead atoms. The quantitative estimate of drug-likeness (QED) is 0.231. The number of halogens is 1. The first-order valence-corrected chi connectivity index (χ1v) is 18.7. The number of alkyl carbamates (subject to hydrolysis) is 1. The van der Waals surface area contributed by atoms with Crippen molar-refractivity contribution in [2.75, 3.05) is 39.3 Å². The van der Waals surface area contributed by atoms with E-state index in [1.54, 1.807) is 57.9 Å². The summed E-state index contributed by atoms with van der Waals surface area (Å²) in [5.74, 6) is -1.55. The molecule has 3 fully saturated rings. The van der Waals surface area contributed by atoms with Crippen LogP contribution in [0, 0.1) is 11.8 Å². The van der Waals surface area contributed by atoms with Crippen LogP contribution < -0.4 is 15.0 Å². The average Bonchev–Trinajstić information content (AvgIpc) is 3.80. The van der Waals surface area contributed by atoms with Crippen LogP contribution in [0.1, 0.15) is 72.8 Å². The molecule has 54 heavy (non-hydrogen) atoms. The molecule has 0 aliphatic carbocycles. The fourth-order valence-corrected chi connectivity index (χ4v) is 7.78. The van der Waals surface area contributed by atoms with Crippen molar-refractivity contribution in [3.8, 4) is 5.75 Å². The molecule has 298 valence electrons. The zero-order valence-electron chi connectivity index (χ0n) is 32.6. The molecule has 3 saturated heterocycles. The summed E-state index contributed by atoms with van der Waals surface area (Å²) in [7, 11) is 4.54. The van der Waals surface area contributed by atoms with E-state index >= 15 is 0 Å². The number of anilines is 1. The third-order valence-corrected chi connectivity index (χ3v) is 11.1. The van der Waals surface area contributed by atoms with Gasteiger partial charge in [0, 0.05) is 39.6 Å². The largest absolute Gasteiger partial charge is 0.495 e. The molecule has 0 radical (unpaired) electrons. The highest BCUT2D eigenvalue weighted by Crippen LogP contribution is 2.49.